The van der Waals surface area contributed by atoms with E-state index in [0.717, 1.165) is 39.4 Å². The molecular formula is C27H31N7O2S. The van der Waals surface area contributed by atoms with Crippen molar-refractivity contribution < 1.29 is 9.53 Å². The molecule has 3 aromatic heterocycles. The van der Waals surface area contributed by atoms with Crippen LogP contribution >= 0.6 is 13.5 Å². The average molecular weight is 518 g/mol. The molecule has 1 atom stereocenters. The first kappa shape index (κ1) is 26.3. The van der Waals surface area contributed by atoms with Crippen LogP contribution in [0.3, 0.4) is 0 Å². The van der Waals surface area contributed by atoms with E-state index in [9.17, 15) is 4.79 Å². The number of para-hydroxylation sites is 1. The molecule has 10 heteroatoms. The lowest BCUT2D eigenvalue weighted by Gasteiger charge is -2.39. The lowest BCUT2D eigenvalue weighted by Crippen LogP contribution is -2.53. The minimum atomic E-state index is -0.122. The molecule has 4 aromatic rings. The van der Waals surface area contributed by atoms with E-state index in [4.69, 9.17) is 4.74 Å². The third-order valence-corrected chi connectivity index (χ3v) is 6.39. The number of amides is 1. The molecule has 1 aromatic carbocycles. The Morgan fingerprint density at radius 1 is 1.08 bits per heavy atom. The van der Waals surface area contributed by atoms with Crippen LogP contribution in [0.5, 0.6) is 0 Å². The van der Waals surface area contributed by atoms with Gasteiger partial charge < -0.3 is 20.7 Å². The lowest BCUT2D eigenvalue weighted by molar-refractivity contribution is -0.0320. The first-order chi connectivity index (χ1) is 17.5. The number of anilines is 2. The van der Waals surface area contributed by atoms with Gasteiger partial charge >= 0.3 is 0 Å². The minimum Gasteiger partial charge on any atom is -0.376 e. The summed E-state index contributed by atoms with van der Waals surface area (Å²) in [5.41, 5.74) is 4.17. The van der Waals surface area contributed by atoms with Crippen LogP contribution in [0.2, 0.25) is 0 Å². The van der Waals surface area contributed by atoms with Crippen LogP contribution < -0.4 is 16.0 Å². The van der Waals surface area contributed by atoms with E-state index in [1.165, 1.54) is 0 Å². The highest BCUT2D eigenvalue weighted by Crippen LogP contribution is 2.27. The molecule has 1 fully saturated rings. The summed E-state index contributed by atoms with van der Waals surface area (Å²) in [4.78, 5) is 30.2. The van der Waals surface area contributed by atoms with Gasteiger partial charge in [0.05, 0.1) is 35.5 Å². The van der Waals surface area contributed by atoms with Crippen LogP contribution in [-0.2, 0) is 4.74 Å². The van der Waals surface area contributed by atoms with Crippen molar-refractivity contribution in [2.75, 3.05) is 37.4 Å². The molecule has 3 N–H and O–H groups in total. The number of fused-ring (bicyclic) bond motifs is 1. The lowest BCUT2D eigenvalue weighted by atomic mass is 9.96. The van der Waals surface area contributed by atoms with E-state index >= 15 is 0 Å². The van der Waals surface area contributed by atoms with Gasteiger partial charge in [0, 0.05) is 48.9 Å². The second kappa shape index (κ2) is 11.1. The molecule has 9 nitrogen and oxygen atoms in total. The van der Waals surface area contributed by atoms with Gasteiger partial charge in [0.2, 0.25) is 0 Å². The molecule has 0 saturated carbocycles. The molecule has 0 aliphatic carbocycles. The Morgan fingerprint density at radius 2 is 1.92 bits per heavy atom. The molecular weight excluding hydrogens is 486 g/mol. The molecule has 1 aliphatic rings. The quantitative estimate of drug-likeness (QED) is 0.322. The van der Waals surface area contributed by atoms with Gasteiger partial charge in [-0.25, -0.2) is 15.0 Å². The van der Waals surface area contributed by atoms with Crippen molar-refractivity contribution in [3.05, 3.63) is 72.3 Å². The highest BCUT2D eigenvalue weighted by Gasteiger charge is 2.33. The molecule has 0 unspecified atom stereocenters. The van der Waals surface area contributed by atoms with Gasteiger partial charge in [-0.2, -0.15) is 13.5 Å². The maximum absolute atomic E-state index is 12.3. The van der Waals surface area contributed by atoms with E-state index in [0.29, 0.717) is 25.3 Å². The van der Waals surface area contributed by atoms with E-state index in [1.54, 1.807) is 25.6 Å². The number of rotatable bonds is 8. The van der Waals surface area contributed by atoms with Crippen LogP contribution in [0.1, 0.15) is 35.7 Å². The monoisotopic (exact) mass is 517 g/mol. The maximum atomic E-state index is 12.3. The van der Waals surface area contributed by atoms with Gasteiger partial charge in [0.15, 0.2) is 0 Å². The summed E-state index contributed by atoms with van der Waals surface area (Å²) in [5.74, 6) is 1.55. The van der Waals surface area contributed by atoms with Crippen LogP contribution in [-0.4, -0.2) is 58.2 Å². The topological polar surface area (TPSA) is 114 Å². The predicted octanol–water partition coefficient (Wildman–Crippen LogP) is 3.98. The van der Waals surface area contributed by atoms with Crippen molar-refractivity contribution in [3.8, 4) is 11.3 Å². The average Bonchev–Trinajstić information content (AvgIpc) is 2.90. The fraction of sp³-hybridized carbons (Fsp3) is 0.296. The van der Waals surface area contributed by atoms with Crippen LogP contribution in [0.25, 0.3) is 22.2 Å². The summed E-state index contributed by atoms with van der Waals surface area (Å²) in [7, 11) is 1.63. The van der Waals surface area contributed by atoms with Crippen molar-refractivity contribution in [2.24, 2.45) is 0 Å². The van der Waals surface area contributed by atoms with Gasteiger partial charge in [0.25, 0.3) is 5.91 Å². The maximum Gasteiger partial charge on any atom is 0.251 e. The number of hydrogen-bond acceptors (Lipinski definition) is 8. The minimum absolute atomic E-state index is 0. The van der Waals surface area contributed by atoms with Crippen molar-refractivity contribution in [2.45, 2.75) is 25.3 Å². The van der Waals surface area contributed by atoms with Gasteiger partial charge in [0.1, 0.15) is 18.0 Å². The van der Waals surface area contributed by atoms with E-state index in [2.05, 4.69) is 55.8 Å². The number of pyridine rings is 2. The number of hydrogen-bond donors (Lipinski definition) is 3. The van der Waals surface area contributed by atoms with Crippen LogP contribution in [0, 0.1) is 0 Å². The molecule has 1 saturated heterocycles. The molecule has 192 valence electrons. The zero-order valence-corrected chi connectivity index (χ0v) is 22.1. The summed E-state index contributed by atoms with van der Waals surface area (Å²) in [6.45, 7) is 6.24. The molecule has 0 spiro atoms. The fourth-order valence-electron chi connectivity index (χ4n) is 4.32. The van der Waals surface area contributed by atoms with Crippen LogP contribution in [0.15, 0.2) is 61.2 Å². The Kier molecular flexibility index (Phi) is 7.89. The first-order valence-electron chi connectivity index (χ1n) is 11.9. The number of nitrogens with one attached hydrogen (secondary N) is 3. The van der Waals surface area contributed by atoms with E-state index < -0.39 is 0 Å². The summed E-state index contributed by atoms with van der Waals surface area (Å²) >= 11 is 0. The molecule has 37 heavy (non-hydrogen) atoms. The predicted molar refractivity (Wildman–Crippen MR) is 151 cm³/mol. The van der Waals surface area contributed by atoms with E-state index in [1.807, 2.05) is 36.5 Å². The largest absolute Gasteiger partial charge is 0.376 e. The van der Waals surface area contributed by atoms with Crippen molar-refractivity contribution >= 4 is 41.9 Å². The van der Waals surface area contributed by atoms with Gasteiger partial charge in [-0.05, 0) is 30.7 Å². The zero-order valence-electron chi connectivity index (χ0n) is 21.1. The van der Waals surface area contributed by atoms with Crippen molar-refractivity contribution in [1.82, 2.24) is 25.3 Å². The van der Waals surface area contributed by atoms with Crippen LogP contribution in [0.4, 0.5) is 11.6 Å². The zero-order chi connectivity index (χ0) is 25.1. The molecule has 4 heterocycles. The summed E-state index contributed by atoms with van der Waals surface area (Å²) in [5, 5.41) is 10.4. The Labute approximate surface area is 223 Å². The third-order valence-electron chi connectivity index (χ3n) is 6.39. The first-order valence-corrected chi connectivity index (χ1v) is 11.9. The number of carbonyl (C=O) groups is 1. The third kappa shape index (κ3) is 5.65. The second-order valence-electron chi connectivity index (χ2n) is 9.36. The molecule has 0 radical (unpaired) electrons. The number of ether oxygens (including phenoxy) is 1. The Morgan fingerprint density at radius 3 is 2.62 bits per heavy atom. The molecule has 5 rings (SSSR count). The number of benzene rings is 1. The SMILES string of the molecule is CNC(=O)c1ccnc2c([C@H](C)CNc3cc(-c4ccc(NC5(C)COC5)nc4)ncn3)cccc12.S. The van der Waals surface area contributed by atoms with Crippen molar-refractivity contribution in [3.63, 3.8) is 0 Å². The number of aromatic nitrogens is 4. The normalized spacial score (nSPS) is 14.7. The number of nitrogens with zero attached hydrogens (tertiary/aromatic N) is 4. The highest BCUT2D eigenvalue weighted by molar-refractivity contribution is 7.59. The summed E-state index contributed by atoms with van der Waals surface area (Å²) < 4.78 is 5.29. The summed E-state index contributed by atoms with van der Waals surface area (Å²) in [6.07, 6.45) is 5.05. The highest BCUT2D eigenvalue weighted by atomic mass is 32.1. The standard InChI is InChI=1S/C27H29N7O2.H2S/c1-17(19-5-4-6-20-21(26(35)28-3)9-10-29-25(19)20)12-30-24-11-22(32-16-33-24)18-7-8-23(31-13-18)34-27(2)14-36-15-27;/h4-11,13,16-17H,12,14-15H2,1-3H3,(H,28,35)(H,31,34)(H,30,32,33);1H2/t17-;/m1./s1. The van der Waals surface area contributed by atoms with Crippen molar-refractivity contribution in [1.29, 1.82) is 0 Å². The van der Waals surface area contributed by atoms with Gasteiger partial charge in [-0.3, -0.25) is 9.78 Å². The fourth-order valence-corrected chi connectivity index (χ4v) is 4.32. The molecule has 0 bridgehead atoms. The number of carbonyl (C=O) groups excluding carboxylic acids is 1. The van der Waals surface area contributed by atoms with Gasteiger partial charge in [-0.15, -0.1) is 0 Å². The van der Waals surface area contributed by atoms with E-state index in [-0.39, 0.29) is 30.9 Å². The Bertz CT molecular complexity index is 1390. The Balaban J connectivity index is 0.00000320. The summed E-state index contributed by atoms with van der Waals surface area (Å²) in [6, 6.07) is 13.6. The Hall–Kier alpha value is -3.76. The smallest absolute Gasteiger partial charge is 0.251 e. The molecule has 1 amide bonds. The van der Waals surface area contributed by atoms with Gasteiger partial charge in [-0.1, -0.05) is 25.1 Å². The molecule has 1 aliphatic heterocycles. The second-order valence-corrected chi connectivity index (χ2v) is 9.36.